The lowest BCUT2D eigenvalue weighted by atomic mass is 9.92. The van der Waals surface area contributed by atoms with Gasteiger partial charge in [-0.25, -0.2) is 0 Å². The molecule has 0 amide bonds. The first-order valence-corrected chi connectivity index (χ1v) is 6.20. The summed E-state index contributed by atoms with van der Waals surface area (Å²) < 4.78 is 16.1. The molecule has 0 radical (unpaired) electrons. The highest BCUT2D eigenvalue weighted by Crippen LogP contribution is 2.34. The number of hydrogen-bond acceptors (Lipinski definition) is 3. The van der Waals surface area contributed by atoms with Gasteiger partial charge >= 0.3 is 0 Å². The topological polar surface area (TPSA) is 37.6 Å². The smallest absolute Gasteiger partial charge is 0.0839 e. The second-order valence-electron chi connectivity index (χ2n) is 5.21. The maximum Gasteiger partial charge on any atom is 0.0839 e. The van der Waals surface area contributed by atoms with Gasteiger partial charge in [0.15, 0.2) is 0 Å². The van der Waals surface area contributed by atoms with Gasteiger partial charge in [0.2, 0.25) is 0 Å². The van der Waals surface area contributed by atoms with Crippen LogP contribution in [0, 0.1) is 5.92 Å². The zero-order valence-corrected chi connectivity index (χ0v) is 9.35. The average Bonchev–Trinajstić information content (AvgIpc) is 3.02. The summed E-state index contributed by atoms with van der Waals surface area (Å²) in [6, 6.07) is 0. The molecule has 0 aromatic heterocycles. The molecule has 3 heteroatoms. The fraction of sp³-hybridized carbons (Fsp3) is 1.00. The van der Waals surface area contributed by atoms with E-state index in [0.29, 0.717) is 24.4 Å². The summed E-state index contributed by atoms with van der Waals surface area (Å²) in [7, 11) is 0. The second kappa shape index (κ2) is 4.04. The van der Waals surface area contributed by atoms with Gasteiger partial charge in [0.05, 0.1) is 37.6 Å². The zero-order valence-electron chi connectivity index (χ0n) is 9.35. The Morgan fingerprint density at radius 3 is 2.07 bits per heavy atom. The van der Waals surface area contributed by atoms with Crippen molar-refractivity contribution in [3.63, 3.8) is 0 Å². The second-order valence-corrected chi connectivity index (χ2v) is 5.21. The van der Waals surface area contributed by atoms with Crippen molar-refractivity contribution < 1.29 is 14.2 Å². The molecule has 0 bridgehead atoms. The third-order valence-corrected chi connectivity index (χ3v) is 3.69. The van der Waals surface area contributed by atoms with E-state index in [-0.39, 0.29) is 0 Å². The molecule has 86 valence electrons. The van der Waals surface area contributed by atoms with Crippen LogP contribution < -0.4 is 0 Å². The minimum Gasteiger partial charge on any atom is -0.373 e. The van der Waals surface area contributed by atoms with Crippen molar-refractivity contribution in [1.29, 1.82) is 0 Å². The molecular formula is C12H20O3. The first kappa shape index (κ1) is 10.1. The highest BCUT2D eigenvalue weighted by Gasteiger charge is 2.36. The van der Waals surface area contributed by atoms with E-state index in [0.717, 1.165) is 19.1 Å². The van der Waals surface area contributed by atoms with Crippen LogP contribution >= 0.6 is 0 Å². The van der Waals surface area contributed by atoms with Gasteiger partial charge in [-0.2, -0.15) is 0 Å². The van der Waals surface area contributed by atoms with Gasteiger partial charge in [0.25, 0.3) is 0 Å². The Bertz CT molecular complexity index is 209. The summed E-state index contributed by atoms with van der Waals surface area (Å²) in [6.45, 7) is 4.13. The van der Waals surface area contributed by atoms with Crippen LogP contribution in [0.3, 0.4) is 0 Å². The van der Waals surface area contributed by atoms with Gasteiger partial charge in [0.1, 0.15) is 0 Å². The number of ether oxygens (including phenoxy) is 3. The standard InChI is InChI=1S/C12H20O3/c1-8-12(15-8)3-2-9(4-10-6-13-10)5-11-7-14-11/h8-12H,2-7H2,1H3. The highest BCUT2D eigenvalue weighted by atomic mass is 16.6. The van der Waals surface area contributed by atoms with Crippen molar-refractivity contribution in [2.75, 3.05) is 13.2 Å². The Hall–Kier alpha value is -0.120. The normalized spacial score (nSPS) is 43.8. The van der Waals surface area contributed by atoms with E-state index in [1.54, 1.807) is 0 Å². The molecule has 3 nitrogen and oxygen atoms in total. The molecule has 3 fully saturated rings. The van der Waals surface area contributed by atoms with Crippen LogP contribution in [0.1, 0.15) is 32.6 Å². The Morgan fingerprint density at radius 1 is 1.13 bits per heavy atom. The van der Waals surface area contributed by atoms with E-state index in [1.807, 2.05) is 0 Å². The minimum atomic E-state index is 0.514. The average molecular weight is 212 g/mol. The van der Waals surface area contributed by atoms with Crippen molar-refractivity contribution in [2.24, 2.45) is 5.92 Å². The molecular weight excluding hydrogens is 192 g/mol. The maximum atomic E-state index is 5.45. The minimum absolute atomic E-state index is 0.514. The van der Waals surface area contributed by atoms with Crippen LogP contribution in [0.5, 0.6) is 0 Å². The summed E-state index contributed by atoms with van der Waals surface area (Å²) in [4.78, 5) is 0. The molecule has 0 aromatic carbocycles. The van der Waals surface area contributed by atoms with Gasteiger partial charge in [0, 0.05) is 0 Å². The molecule has 0 spiro atoms. The van der Waals surface area contributed by atoms with E-state index >= 15 is 0 Å². The van der Waals surface area contributed by atoms with E-state index in [2.05, 4.69) is 6.92 Å². The van der Waals surface area contributed by atoms with Crippen LogP contribution in [0.4, 0.5) is 0 Å². The Morgan fingerprint density at radius 2 is 1.67 bits per heavy atom. The third-order valence-electron chi connectivity index (χ3n) is 3.69. The van der Waals surface area contributed by atoms with Crippen LogP contribution in [-0.4, -0.2) is 37.6 Å². The van der Waals surface area contributed by atoms with Crippen LogP contribution in [0.15, 0.2) is 0 Å². The maximum absolute atomic E-state index is 5.45. The number of rotatable bonds is 7. The van der Waals surface area contributed by atoms with Gasteiger partial charge in [-0.3, -0.25) is 0 Å². The van der Waals surface area contributed by atoms with E-state index in [9.17, 15) is 0 Å². The molecule has 3 aliphatic rings. The van der Waals surface area contributed by atoms with Crippen molar-refractivity contribution >= 4 is 0 Å². The largest absolute Gasteiger partial charge is 0.373 e. The number of epoxide rings is 3. The molecule has 4 atom stereocenters. The van der Waals surface area contributed by atoms with Crippen molar-refractivity contribution in [2.45, 2.75) is 57.0 Å². The Labute approximate surface area is 91.1 Å². The van der Waals surface area contributed by atoms with E-state index < -0.39 is 0 Å². The molecule has 3 aliphatic heterocycles. The summed E-state index contributed by atoms with van der Waals surface area (Å²) in [5, 5.41) is 0. The van der Waals surface area contributed by atoms with Crippen LogP contribution in [-0.2, 0) is 14.2 Å². The highest BCUT2D eigenvalue weighted by molar-refractivity contribution is 4.84. The van der Waals surface area contributed by atoms with E-state index in [1.165, 1.54) is 25.7 Å². The lowest BCUT2D eigenvalue weighted by Gasteiger charge is -2.13. The first-order valence-electron chi connectivity index (χ1n) is 6.20. The summed E-state index contributed by atoms with van der Waals surface area (Å²) in [5.74, 6) is 0.793. The molecule has 0 saturated carbocycles. The van der Waals surface area contributed by atoms with Crippen molar-refractivity contribution in [3.05, 3.63) is 0 Å². The zero-order chi connectivity index (χ0) is 10.3. The van der Waals surface area contributed by atoms with Gasteiger partial charge in [-0.1, -0.05) is 0 Å². The third kappa shape index (κ3) is 3.16. The summed E-state index contributed by atoms with van der Waals surface area (Å²) >= 11 is 0. The Balaban J connectivity index is 1.39. The van der Waals surface area contributed by atoms with Crippen LogP contribution in [0.2, 0.25) is 0 Å². The SMILES string of the molecule is CC1OC1CCC(CC1CO1)CC1CO1. The molecule has 4 unspecified atom stereocenters. The molecule has 0 N–H and O–H groups in total. The predicted molar refractivity (Wildman–Crippen MR) is 55.8 cm³/mol. The lowest BCUT2D eigenvalue weighted by molar-refractivity contribution is 0.282. The molecule has 3 saturated heterocycles. The molecule has 15 heavy (non-hydrogen) atoms. The van der Waals surface area contributed by atoms with Crippen molar-refractivity contribution in [3.8, 4) is 0 Å². The number of hydrogen-bond donors (Lipinski definition) is 0. The summed E-state index contributed by atoms with van der Waals surface area (Å²) in [5.41, 5.74) is 0. The monoisotopic (exact) mass is 212 g/mol. The lowest BCUT2D eigenvalue weighted by Crippen LogP contribution is -2.09. The van der Waals surface area contributed by atoms with Crippen molar-refractivity contribution in [1.82, 2.24) is 0 Å². The quantitative estimate of drug-likeness (QED) is 0.603. The molecule has 3 heterocycles. The molecule has 0 aliphatic carbocycles. The van der Waals surface area contributed by atoms with Gasteiger partial charge in [-0.15, -0.1) is 0 Å². The van der Waals surface area contributed by atoms with Gasteiger partial charge in [-0.05, 0) is 38.5 Å². The Kier molecular flexibility index (Phi) is 2.71. The molecule has 3 rings (SSSR count). The van der Waals surface area contributed by atoms with Crippen LogP contribution in [0.25, 0.3) is 0 Å². The fourth-order valence-electron chi connectivity index (χ4n) is 2.42. The summed E-state index contributed by atoms with van der Waals surface area (Å²) in [6.07, 6.45) is 7.17. The predicted octanol–water partition coefficient (Wildman–Crippen LogP) is 1.75. The first-order chi connectivity index (χ1) is 7.31. The van der Waals surface area contributed by atoms with E-state index in [4.69, 9.17) is 14.2 Å². The molecule has 0 aromatic rings. The van der Waals surface area contributed by atoms with Gasteiger partial charge < -0.3 is 14.2 Å². The fourth-order valence-corrected chi connectivity index (χ4v) is 2.42.